The first-order valence-corrected chi connectivity index (χ1v) is 6.31. The van der Waals surface area contributed by atoms with Crippen LogP contribution in [0.25, 0.3) is 0 Å². The van der Waals surface area contributed by atoms with Gasteiger partial charge in [0.25, 0.3) is 0 Å². The van der Waals surface area contributed by atoms with Crippen molar-refractivity contribution in [2.45, 2.75) is 13.3 Å². The minimum Gasteiger partial charge on any atom is -0.437 e. The number of para-hydroxylation sites is 1. The average Bonchev–Trinajstić information content (AvgIpc) is 2.35. The summed E-state index contributed by atoms with van der Waals surface area (Å²) in [5, 5.41) is 0.337. The Bertz CT molecular complexity index is 534. The third kappa shape index (κ3) is 2.76. The molecule has 3 nitrogen and oxygen atoms in total. The Morgan fingerprint density at radius 3 is 2.82 bits per heavy atom. The maximum absolute atomic E-state index is 5.88. The number of benzene rings is 1. The van der Waals surface area contributed by atoms with Gasteiger partial charge in [0.15, 0.2) is 5.15 Å². The van der Waals surface area contributed by atoms with Crippen LogP contribution in [0.5, 0.6) is 11.6 Å². The lowest BCUT2D eigenvalue weighted by Crippen LogP contribution is -1.94. The second-order valence-electron chi connectivity index (χ2n) is 3.35. The molecule has 0 unspecified atom stereocenters. The molecule has 0 aliphatic rings. The summed E-state index contributed by atoms with van der Waals surface area (Å²) >= 11 is 9.18. The summed E-state index contributed by atoms with van der Waals surface area (Å²) in [6.07, 6.45) is 2.27. The van der Waals surface area contributed by atoms with E-state index in [1.165, 1.54) is 6.33 Å². The molecule has 1 aromatic heterocycles. The molecule has 0 bridgehead atoms. The fourth-order valence-corrected chi connectivity index (χ4v) is 1.81. The molecule has 0 fully saturated rings. The number of aromatic nitrogens is 2. The summed E-state index contributed by atoms with van der Waals surface area (Å²) in [5.74, 6) is 1.20. The van der Waals surface area contributed by atoms with Crippen molar-refractivity contribution in [2.75, 3.05) is 0 Å². The monoisotopic (exact) mass is 312 g/mol. The Morgan fingerprint density at radius 1 is 1.29 bits per heavy atom. The first-order valence-electron chi connectivity index (χ1n) is 5.14. The molecule has 0 amide bonds. The number of aryl methyl sites for hydroxylation is 1. The molecule has 5 heteroatoms. The Labute approximate surface area is 113 Å². The summed E-state index contributed by atoms with van der Waals surface area (Å²) in [6.45, 7) is 2.07. The van der Waals surface area contributed by atoms with Gasteiger partial charge in [-0.3, -0.25) is 0 Å². The molecule has 0 radical (unpaired) electrons. The SMILES string of the molecule is CCc1ccccc1Oc1ncnc(Cl)c1Br. The van der Waals surface area contributed by atoms with Gasteiger partial charge in [0.2, 0.25) is 5.88 Å². The summed E-state index contributed by atoms with van der Waals surface area (Å²) in [6, 6.07) is 7.83. The highest BCUT2D eigenvalue weighted by Gasteiger charge is 2.10. The number of halogens is 2. The third-order valence-corrected chi connectivity index (χ3v) is 3.50. The van der Waals surface area contributed by atoms with Crippen molar-refractivity contribution in [3.63, 3.8) is 0 Å². The molecule has 88 valence electrons. The molecule has 1 heterocycles. The van der Waals surface area contributed by atoms with Gasteiger partial charge >= 0.3 is 0 Å². The van der Waals surface area contributed by atoms with E-state index < -0.39 is 0 Å². The van der Waals surface area contributed by atoms with Crippen molar-refractivity contribution in [1.29, 1.82) is 0 Å². The smallest absolute Gasteiger partial charge is 0.238 e. The molecule has 0 N–H and O–H groups in total. The van der Waals surface area contributed by atoms with Crippen LogP contribution in [0.3, 0.4) is 0 Å². The zero-order valence-corrected chi connectivity index (χ0v) is 11.5. The fraction of sp³-hybridized carbons (Fsp3) is 0.167. The highest BCUT2D eigenvalue weighted by molar-refractivity contribution is 9.10. The summed E-state index contributed by atoms with van der Waals surface area (Å²) < 4.78 is 6.29. The van der Waals surface area contributed by atoms with E-state index >= 15 is 0 Å². The minimum absolute atomic E-state index is 0.337. The van der Waals surface area contributed by atoms with Crippen LogP contribution in [-0.2, 0) is 6.42 Å². The van der Waals surface area contributed by atoms with Crippen molar-refractivity contribution in [3.05, 3.63) is 45.8 Å². The predicted molar refractivity (Wildman–Crippen MR) is 70.6 cm³/mol. The van der Waals surface area contributed by atoms with Gasteiger partial charge < -0.3 is 4.74 Å². The zero-order valence-electron chi connectivity index (χ0n) is 9.15. The van der Waals surface area contributed by atoms with E-state index in [4.69, 9.17) is 16.3 Å². The van der Waals surface area contributed by atoms with Crippen LogP contribution >= 0.6 is 27.5 Å². The molecule has 2 aromatic rings. The lowest BCUT2D eigenvalue weighted by Gasteiger charge is -2.10. The van der Waals surface area contributed by atoms with Crippen LogP contribution in [0.4, 0.5) is 0 Å². The highest BCUT2D eigenvalue weighted by atomic mass is 79.9. The number of rotatable bonds is 3. The fourth-order valence-electron chi connectivity index (χ4n) is 1.40. The van der Waals surface area contributed by atoms with Gasteiger partial charge in [0.1, 0.15) is 16.5 Å². The van der Waals surface area contributed by atoms with Crippen LogP contribution in [0.1, 0.15) is 12.5 Å². The van der Waals surface area contributed by atoms with E-state index in [-0.39, 0.29) is 0 Å². The van der Waals surface area contributed by atoms with Crippen molar-refractivity contribution >= 4 is 27.5 Å². The molecular formula is C12H10BrClN2O. The Kier molecular flexibility index (Phi) is 3.97. The van der Waals surface area contributed by atoms with Gasteiger partial charge in [-0.25, -0.2) is 9.97 Å². The van der Waals surface area contributed by atoms with Crippen LogP contribution < -0.4 is 4.74 Å². The van der Waals surface area contributed by atoms with Gasteiger partial charge in [-0.05, 0) is 34.0 Å². The Hall–Kier alpha value is -1.13. The molecule has 0 spiro atoms. The average molecular weight is 314 g/mol. The second kappa shape index (κ2) is 5.47. The minimum atomic E-state index is 0.337. The van der Waals surface area contributed by atoms with Gasteiger partial charge in [-0.2, -0.15) is 0 Å². The quantitative estimate of drug-likeness (QED) is 0.795. The molecule has 0 aliphatic heterocycles. The van der Waals surface area contributed by atoms with Crippen molar-refractivity contribution in [3.8, 4) is 11.6 Å². The molecule has 0 saturated heterocycles. The van der Waals surface area contributed by atoms with E-state index in [0.717, 1.165) is 17.7 Å². The van der Waals surface area contributed by atoms with Crippen LogP contribution in [0, 0.1) is 0 Å². The molecule has 17 heavy (non-hydrogen) atoms. The molecule has 0 atom stereocenters. The topological polar surface area (TPSA) is 35.0 Å². The van der Waals surface area contributed by atoms with Crippen molar-refractivity contribution in [1.82, 2.24) is 9.97 Å². The predicted octanol–water partition coefficient (Wildman–Crippen LogP) is 4.25. The van der Waals surface area contributed by atoms with E-state index in [0.29, 0.717) is 15.5 Å². The van der Waals surface area contributed by atoms with E-state index in [2.05, 4.69) is 32.8 Å². The van der Waals surface area contributed by atoms with Gasteiger partial charge in [0, 0.05) is 0 Å². The van der Waals surface area contributed by atoms with E-state index in [9.17, 15) is 0 Å². The second-order valence-corrected chi connectivity index (χ2v) is 4.50. The zero-order chi connectivity index (χ0) is 12.3. The van der Waals surface area contributed by atoms with E-state index in [1.807, 2.05) is 24.3 Å². The van der Waals surface area contributed by atoms with Crippen LogP contribution in [-0.4, -0.2) is 9.97 Å². The molecule has 2 rings (SSSR count). The van der Waals surface area contributed by atoms with Gasteiger partial charge in [0.05, 0.1) is 0 Å². The van der Waals surface area contributed by atoms with Crippen LogP contribution in [0.2, 0.25) is 5.15 Å². The van der Waals surface area contributed by atoms with Crippen molar-refractivity contribution in [2.24, 2.45) is 0 Å². The lowest BCUT2D eigenvalue weighted by atomic mass is 10.1. The summed E-state index contributed by atoms with van der Waals surface area (Å²) in [5.41, 5.74) is 1.12. The molecule has 0 aliphatic carbocycles. The first-order chi connectivity index (χ1) is 8.22. The largest absolute Gasteiger partial charge is 0.437 e. The van der Waals surface area contributed by atoms with Crippen LogP contribution in [0.15, 0.2) is 35.1 Å². The number of hydrogen-bond donors (Lipinski definition) is 0. The Morgan fingerprint density at radius 2 is 2.06 bits per heavy atom. The normalized spacial score (nSPS) is 10.3. The summed E-state index contributed by atoms with van der Waals surface area (Å²) in [4.78, 5) is 7.90. The lowest BCUT2D eigenvalue weighted by molar-refractivity contribution is 0.453. The third-order valence-electron chi connectivity index (χ3n) is 2.28. The molecule has 0 saturated carbocycles. The Balaban J connectivity index is 2.35. The number of ether oxygens (including phenoxy) is 1. The summed E-state index contributed by atoms with van der Waals surface area (Å²) in [7, 11) is 0. The highest BCUT2D eigenvalue weighted by Crippen LogP contribution is 2.32. The standard InChI is InChI=1S/C12H10BrClN2O/c1-2-8-5-3-4-6-9(8)17-12-10(13)11(14)15-7-16-12/h3-7H,2H2,1H3. The molecule has 1 aromatic carbocycles. The molecular weight excluding hydrogens is 304 g/mol. The van der Waals surface area contributed by atoms with E-state index in [1.54, 1.807) is 0 Å². The van der Waals surface area contributed by atoms with Crippen molar-refractivity contribution < 1.29 is 4.74 Å². The van der Waals surface area contributed by atoms with Gasteiger partial charge in [-0.1, -0.05) is 36.7 Å². The van der Waals surface area contributed by atoms with Gasteiger partial charge in [-0.15, -0.1) is 0 Å². The maximum Gasteiger partial charge on any atom is 0.238 e. The number of hydrogen-bond acceptors (Lipinski definition) is 3. The first kappa shape index (κ1) is 12.3. The number of nitrogens with zero attached hydrogens (tertiary/aromatic N) is 2. The maximum atomic E-state index is 5.88.